The van der Waals surface area contributed by atoms with Crippen molar-refractivity contribution in [3.63, 3.8) is 0 Å². The van der Waals surface area contributed by atoms with Crippen molar-refractivity contribution in [2.75, 3.05) is 11.9 Å². The minimum Gasteiger partial charge on any atom is -0.462 e. The topological polar surface area (TPSA) is 85.6 Å². The number of fused-ring (bicyclic) bond motifs is 1. The van der Waals surface area contributed by atoms with Gasteiger partial charge in [0, 0.05) is 17.4 Å². The Bertz CT molecular complexity index is 1370. The van der Waals surface area contributed by atoms with E-state index >= 15 is 0 Å². The lowest BCUT2D eigenvalue weighted by Gasteiger charge is -2.10. The Morgan fingerprint density at radius 1 is 1.09 bits per heavy atom. The summed E-state index contributed by atoms with van der Waals surface area (Å²) in [5.41, 5.74) is 1.77. The minimum absolute atomic E-state index is 0.213. The predicted octanol–water partition coefficient (Wildman–Crippen LogP) is 4.77. The van der Waals surface area contributed by atoms with E-state index in [1.807, 2.05) is 0 Å². The molecule has 0 unspecified atom stereocenters. The molecular weight excluding hydrogens is 449 g/mol. The lowest BCUT2D eigenvalue weighted by molar-refractivity contribution is -0.137. The molecule has 174 valence electrons. The first-order valence-corrected chi connectivity index (χ1v) is 10.3. The van der Waals surface area contributed by atoms with E-state index in [1.165, 1.54) is 29.0 Å². The van der Waals surface area contributed by atoms with E-state index in [9.17, 15) is 22.8 Å². The lowest BCUT2D eigenvalue weighted by Crippen LogP contribution is -2.15. The standard InChI is InChI=1S/C24H19F3N4O3/c1-2-34-23(33)19-14-29-31-20(9-10-28-22(19)31)16-6-4-8-18(13-16)30-21(32)12-15-5-3-7-17(11-15)24(25,26)27/h3-11,13-14H,2,12H2,1H3,(H,30,32). The lowest BCUT2D eigenvalue weighted by atomic mass is 10.1. The third-order valence-electron chi connectivity index (χ3n) is 4.96. The Morgan fingerprint density at radius 3 is 2.65 bits per heavy atom. The highest BCUT2D eigenvalue weighted by molar-refractivity contribution is 5.96. The average molecular weight is 468 g/mol. The molecule has 0 spiro atoms. The second-order valence-electron chi connectivity index (χ2n) is 7.35. The van der Waals surface area contributed by atoms with Crippen molar-refractivity contribution in [3.05, 3.63) is 83.7 Å². The Balaban J connectivity index is 1.56. The molecule has 0 aliphatic carbocycles. The summed E-state index contributed by atoms with van der Waals surface area (Å²) < 4.78 is 45.3. The summed E-state index contributed by atoms with van der Waals surface area (Å²) in [6.07, 6.45) is -1.77. The van der Waals surface area contributed by atoms with Crippen LogP contribution in [0.5, 0.6) is 0 Å². The molecule has 0 fully saturated rings. The number of nitrogens with one attached hydrogen (secondary N) is 1. The number of carbonyl (C=O) groups excluding carboxylic acids is 2. The number of carbonyl (C=O) groups is 2. The number of hydrogen-bond acceptors (Lipinski definition) is 5. The third-order valence-corrected chi connectivity index (χ3v) is 4.96. The average Bonchev–Trinajstić information content (AvgIpc) is 3.23. The van der Waals surface area contributed by atoms with Crippen LogP contribution < -0.4 is 5.32 Å². The first kappa shape index (κ1) is 23.0. The van der Waals surface area contributed by atoms with Gasteiger partial charge in [-0.05, 0) is 36.8 Å². The Kier molecular flexibility index (Phi) is 6.31. The van der Waals surface area contributed by atoms with Crippen molar-refractivity contribution in [2.24, 2.45) is 0 Å². The van der Waals surface area contributed by atoms with Crippen LogP contribution in [0.3, 0.4) is 0 Å². The number of hydrogen-bond donors (Lipinski definition) is 1. The van der Waals surface area contributed by atoms with Crippen molar-refractivity contribution in [3.8, 4) is 11.3 Å². The Morgan fingerprint density at radius 2 is 1.88 bits per heavy atom. The minimum atomic E-state index is -4.48. The largest absolute Gasteiger partial charge is 0.462 e. The summed E-state index contributed by atoms with van der Waals surface area (Å²) >= 11 is 0. The summed E-state index contributed by atoms with van der Waals surface area (Å²) in [5.74, 6) is -0.988. The molecule has 34 heavy (non-hydrogen) atoms. The van der Waals surface area contributed by atoms with Crippen LogP contribution in [0.2, 0.25) is 0 Å². The molecule has 0 saturated heterocycles. The van der Waals surface area contributed by atoms with Gasteiger partial charge in [-0.2, -0.15) is 18.3 Å². The maximum absolute atomic E-state index is 12.9. The van der Waals surface area contributed by atoms with Gasteiger partial charge in [0.25, 0.3) is 0 Å². The Hall–Kier alpha value is -4.21. The molecule has 4 rings (SSSR count). The molecule has 4 aromatic rings. The van der Waals surface area contributed by atoms with Gasteiger partial charge in [-0.25, -0.2) is 14.3 Å². The maximum Gasteiger partial charge on any atom is 0.416 e. The Labute approximate surface area is 192 Å². The zero-order chi connectivity index (χ0) is 24.3. The molecule has 2 aromatic heterocycles. The predicted molar refractivity (Wildman–Crippen MR) is 118 cm³/mol. The fourth-order valence-corrected chi connectivity index (χ4v) is 3.47. The number of anilines is 1. The third kappa shape index (κ3) is 4.90. The smallest absolute Gasteiger partial charge is 0.416 e. The maximum atomic E-state index is 12.9. The number of rotatable bonds is 6. The number of ether oxygens (including phenoxy) is 1. The van der Waals surface area contributed by atoms with E-state index in [4.69, 9.17) is 4.74 Å². The highest BCUT2D eigenvalue weighted by Gasteiger charge is 2.30. The van der Waals surface area contributed by atoms with Crippen molar-refractivity contribution in [2.45, 2.75) is 19.5 Å². The molecule has 7 nitrogen and oxygen atoms in total. The number of halogens is 3. The van der Waals surface area contributed by atoms with Crippen LogP contribution in [0.15, 0.2) is 67.0 Å². The number of alkyl halides is 3. The van der Waals surface area contributed by atoms with Gasteiger partial charge < -0.3 is 10.1 Å². The van der Waals surface area contributed by atoms with Gasteiger partial charge in [-0.1, -0.05) is 30.3 Å². The van der Waals surface area contributed by atoms with E-state index in [0.29, 0.717) is 22.6 Å². The van der Waals surface area contributed by atoms with Crippen LogP contribution in [-0.2, 0) is 22.1 Å². The quantitative estimate of drug-likeness (QED) is 0.412. The number of benzene rings is 2. The number of amides is 1. The SMILES string of the molecule is CCOC(=O)c1cnn2c(-c3cccc(NC(=O)Cc4cccc(C(F)(F)F)c4)c3)ccnc12. The molecule has 0 aliphatic rings. The van der Waals surface area contributed by atoms with Gasteiger partial charge in [0.2, 0.25) is 5.91 Å². The van der Waals surface area contributed by atoms with Crippen molar-refractivity contribution < 1.29 is 27.5 Å². The van der Waals surface area contributed by atoms with Crippen molar-refractivity contribution >= 4 is 23.2 Å². The van der Waals surface area contributed by atoms with Crippen molar-refractivity contribution in [1.29, 1.82) is 0 Å². The zero-order valence-electron chi connectivity index (χ0n) is 18.0. The highest BCUT2D eigenvalue weighted by Crippen LogP contribution is 2.30. The van der Waals surface area contributed by atoms with E-state index < -0.39 is 23.6 Å². The zero-order valence-corrected chi connectivity index (χ0v) is 18.0. The van der Waals surface area contributed by atoms with Crippen LogP contribution >= 0.6 is 0 Å². The van der Waals surface area contributed by atoms with Gasteiger partial charge in [0.05, 0.1) is 30.5 Å². The van der Waals surface area contributed by atoms with Crippen molar-refractivity contribution in [1.82, 2.24) is 14.6 Å². The molecule has 0 aliphatic heterocycles. The van der Waals surface area contributed by atoms with Crippen LogP contribution in [0.1, 0.15) is 28.4 Å². The molecule has 10 heteroatoms. The van der Waals surface area contributed by atoms with E-state index in [0.717, 1.165) is 12.1 Å². The molecular formula is C24H19F3N4O3. The second kappa shape index (κ2) is 9.34. The van der Waals surface area contributed by atoms with Crippen LogP contribution in [-0.4, -0.2) is 33.1 Å². The second-order valence-corrected chi connectivity index (χ2v) is 7.35. The number of esters is 1. The molecule has 0 saturated carbocycles. The first-order chi connectivity index (χ1) is 16.3. The van der Waals surface area contributed by atoms with Gasteiger partial charge in [-0.3, -0.25) is 4.79 Å². The number of aromatic nitrogens is 3. The molecule has 0 bridgehead atoms. The first-order valence-electron chi connectivity index (χ1n) is 10.3. The molecule has 1 N–H and O–H groups in total. The fraction of sp³-hybridized carbons (Fsp3) is 0.167. The van der Waals surface area contributed by atoms with Crippen LogP contribution in [0.4, 0.5) is 18.9 Å². The summed E-state index contributed by atoms with van der Waals surface area (Å²) in [5, 5.41) is 6.95. The molecule has 0 radical (unpaired) electrons. The summed E-state index contributed by atoms with van der Waals surface area (Å²) in [6.45, 7) is 1.92. The molecule has 1 amide bonds. The molecule has 2 heterocycles. The highest BCUT2D eigenvalue weighted by atomic mass is 19.4. The van der Waals surface area contributed by atoms with Crippen LogP contribution in [0.25, 0.3) is 16.9 Å². The van der Waals surface area contributed by atoms with Gasteiger partial charge in [0.15, 0.2) is 5.65 Å². The van der Waals surface area contributed by atoms with Gasteiger partial charge in [-0.15, -0.1) is 0 Å². The van der Waals surface area contributed by atoms with E-state index in [2.05, 4.69) is 15.4 Å². The van der Waals surface area contributed by atoms with Gasteiger partial charge >= 0.3 is 12.1 Å². The molecule has 0 atom stereocenters. The van der Waals surface area contributed by atoms with Gasteiger partial charge in [0.1, 0.15) is 5.56 Å². The summed E-state index contributed by atoms with van der Waals surface area (Å²) in [7, 11) is 0. The summed E-state index contributed by atoms with van der Waals surface area (Å²) in [4.78, 5) is 28.8. The molecule has 2 aromatic carbocycles. The van der Waals surface area contributed by atoms with E-state index in [-0.39, 0.29) is 24.2 Å². The van der Waals surface area contributed by atoms with E-state index in [1.54, 1.807) is 37.3 Å². The number of nitrogens with zero attached hydrogens (tertiary/aromatic N) is 3. The summed E-state index contributed by atoms with van der Waals surface area (Å²) in [6, 6.07) is 13.3. The normalized spacial score (nSPS) is 11.4. The van der Waals surface area contributed by atoms with Crippen LogP contribution in [0, 0.1) is 0 Å². The fourth-order valence-electron chi connectivity index (χ4n) is 3.47. The monoisotopic (exact) mass is 468 g/mol.